The normalized spacial score (nSPS) is 14.7. The SMILES string of the molecule is O=S(=O)(O)C(F)(F)C(F)(F)C(F)(F)F.[NaH]. The van der Waals surface area contributed by atoms with Gasteiger partial charge in [-0.25, -0.2) is 0 Å². The van der Waals surface area contributed by atoms with E-state index in [2.05, 4.69) is 0 Å². The van der Waals surface area contributed by atoms with Crippen molar-refractivity contribution in [3.63, 3.8) is 0 Å². The second kappa shape index (κ2) is 4.35. The molecule has 0 aromatic heterocycles. The Morgan fingerprint density at radius 2 is 1.13 bits per heavy atom. The van der Waals surface area contributed by atoms with Crippen LogP contribution < -0.4 is 0 Å². The van der Waals surface area contributed by atoms with E-state index in [1.54, 1.807) is 0 Å². The van der Waals surface area contributed by atoms with E-state index in [1.165, 1.54) is 0 Å². The van der Waals surface area contributed by atoms with Crippen LogP contribution in [0.2, 0.25) is 0 Å². The average molecular weight is 274 g/mol. The predicted octanol–water partition coefficient (Wildman–Crippen LogP) is 1.02. The number of hydrogen-bond acceptors (Lipinski definition) is 2. The van der Waals surface area contributed by atoms with E-state index in [0.717, 1.165) is 0 Å². The topological polar surface area (TPSA) is 54.4 Å². The van der Waals surface area contributed by atoms with Gasteiger partial charge in [-0.15, -0.1) is 0 Å². The Labute approximate surface area is 101 Å². The third kappa shape index (κ3) is 2.96. The quantitative estimate of drug-likeness (QED) is 0.464. The van der Waals surface area contributed by atoms with Crippen molar-refractivity contribution >= 4 is 39.7 Å². The first-order valence-corrected chi connectivity index (χ1v) is 3.98. The van der Waals surface area contributed by atoms with E-state index < -0.39 is 27.5 Å². The van der Waals surface area contributed by atoms with Crippen LogP contribution in [0.5, 0.6) is 0 Å². The number of alkyl halides is 7. The molecule has 88 valence electrons. The van der Waals surface area contributed by atoms with Gasteiger partial charge in [0.1, 0.15) is 0 Å². The Bertz CT molecular complexity index is 319. The van der Waals surface area contributed by atoms with Crippen LogP contribution in [0.1, 0.15) is 0 Å². The third-order valence-electron chi connectivity index (χ3n) is 1.05. The minimum atomic E-state index is -6.85. The first-order chi connectivity index (χ1) is 5.75. The molecule has 0 spiro atoms. The zero-order chi connectivity index (χ0) is 12.0. The van der Waals surface area contributed by atoms with Crippen molar-refractivity contribution in [2.75, 3.05) is 0 Å². The maximum absolute atomic E-state index is 11.9. The van der Waals surface area contributed by atoms with Gasteiger partial charge in [0.05, 0.1) is 0 Å². The van der Waals surface area contributed by atoms with E-state index in [4.69, 9.17) is 4.55 Å². The van der Waals surface area contributed by atoms with E-state index in [9.17, 15) is 39.2 Å². The van der Waals surface area contributed by atoms with Crippen LogP contribution in [0.25, 0.3) is 0 Å². The Hall–Kier alpha value is 0.420. The summed E-state index contributed by atoms with van der Waals surface area (Å²) in [4.78, 5) is 0. The summed E-state index contributed by atoms with van der Waals surface area (Å²) in [6, 6.07) is 0. The van der Waals surface area contributed by atoms with Crippen molar-refractivity contribution < 1.29 is 43.7 Å². The summed E-state index contributed by atoms with van der Waals surface area (Å²) in [5, 5.41) is -6.61. The van der Waals surface area contributed by atoms with Gasteiger partial charge in [-0.1, -0.05) is 0 Å². The van der Waals surface area contributed by atoms with Crippen LogP contribution in [0.3, 0.4) is 0 Å². The summed E-state index contributed by atoms with van der Waals surface area (Å²) in [5.41, 5.74) is 0. The molecular formula is C3H2F7NaO3S. The van der Waals surface area contributed by atoms with Gasteiger partial charge >= 0.3 is 57.0 Å². The van der Waals surface area contributed by atoms with Crippen LogP contribution in [-0.4, -0.2) is 59.9 Å². The summed E-state index contributed by atoms with van der Waals surface area (Å²) in [7, 11) is -6.85. The number of hydrogen-bond donors (Lipinski definition) is 1. The molecule has 0 aromatic carbocycles. The van der Waals surface area contributed by atoms with Crippen LogP contribution in [-0.2, 0) is 10.1 Å². The minimum absolute atomic E-state index is 0. The third-order valence-corrected chi connectivity index (χ3v) is 1.95. The fraction of sp³-hybridized carbons (Fsp3) is 1.00. The molecule has 0 bridgehead atoms. The average Bonchev–Trinajstić information content (AvgIpc) is 1.81. The van der Waals surface area contributed by atoms with Crippen LogP contribution in [0, 0.1) is 0 Å². The molecule has 0 heterocycles. The first-order valence-electron chi connectivity index (χ1n) is 2.54. The van der Waals surface area contributed by atoms with Gasteiger partial charge in [0, 0.05) is 0 Å². The Morgan fingerprint density at radius 3 is 1.20 bits per heavy atom. The van der Waals surface area contributed by atoms with Gasteiger partial charge < -0.3 is 0 Å². The van der Waals surface area contributed by atoms with E-state index >= 15 is 0 Å². The summed E-state index contributed by atoms with van der Waals surface area (Å²) in [6.07, 6.45) is -6.79. The van der Waals surface area contributed by atoms with E-state index in [0.29, 0.717) is 0 Å². The molecule has 12 heteroatoms. The molecule has 0 fully saturated rings. The number of rotatable bonds is 2. The van der Waals surface area contributed by atoms with Crippen molar-refractivity contribution in [2.24, 2.45) is 0 Å². The molecule has 0 unspecified atom stereocenters. The standard InChI is InChI=1S/C3HF7O3S.Na.H/c4-1(5,2(6,7)8)3(9,10)14(11,12)13;;/h(H,11,12,13);;. The zero-order valence-electron chi connectivity index (χ0n) is 5.82. The fourth-order valence-corrected chi connectivity index (χ4v) is 0.767. The van der Waals surface area contributed by atoms with Gasteiger partial charge in [0.15, 0.2) is 0 Å². The second-order valence-electron chi connectivity index (χ2n) is 2.06. The van der Waals surface area contributed by atoms with Gasteiger partial charge in [-0.3, -0.25) is 4.55 Å². The molecule has 0 radical (unpaired) electrons. The molecule has 0 aliphatic rings. The molecule has 15 heavy (non-hydrogen) atoms. The van der Waals surface area contributed by atoms with Crippen LogP contribution in [0.15, 0.2) is 0 Å². The molecule has 0 amide bonds. The summed E-state index contributed by atoms with van der Waals surface area (Å²) < 4.78 is 108. The van der Waals surface area contributed by atoms with Gasteiger partial charge in [-0.2, -0.15) is 39.2 Å². The van der Waals surface area contributed by atoms with Crippen molar-refractivity contribution in [1.29, 1.82) is 0 Å². The van der Waals surface area contributed by atoms with Crippen molar-refractivity contribution in [3.05, 3.63) is 0 Å². The summed E-state index contributed by atoms with van der Waals surface area (Å²) in [6.45, 7) is 0. The Balaban J connectivity index is 0. The summed E-state index contributed by atoms with van der Waals surface area (Å²) in [5.74, 6) is -6.85. The Kier molecular flexibility index (Phi) is 5.17. The molecule has 0 rings (SSSR count). The second-order valence-corrected chi connectivity index (χ2v) is 3.53. The van der Waals surface area contributed by atoms with E-state index in [-0.39, 0.29) is 29.6 Å². The van der Waals surface area contributed by atoms with Crippen LogP contribution >= 0.6 is 0 Å². The van der Waals surface area contributed by atoms with Gasteiger partial charge in [0.25, 0.3) is 0 Å². The molecular weight excluding hydrogens is 272 g/mol. The molecule has 0 aromatic rings. The monoisotopic (exact) mass is 274 g/mol. The fourth-order valence-electron chi connectivity index (χ4n) is 0.327. The molecule has 0 saturated heterocycles. The molecule has 0 aliphatic carbocycles. The maximum atomic E-state index is 11.9. The summed E-state index contributed by atoms with van der Waals surface area (Å²) >= 11 is 0. The van der Waals surface area contributed by atoms with Gasteiger partial charge in [-0.05, 0) is 0 Å². The molecule has 0 saturated carbocycles. The van der Waals surface area contributed by atoms with Crippen LogP contribution in [0.4, 0.5) is 30.7 Å². The van der Waals surface area contributed by atoms with Crippen molar-refractivity contribution in [1.82, 2.24) is 0 Å². The van der Waals surface area contributed by atoms with Crippen molar-refractivity contribution in [2.45, 2.75) is 17.4 Å². The number of halogens is 7. The zero-order valence-corrected chi connectivity index (χ0v) is 6.63. The van der Waals surface area contributed by atoms with Crippen molar-refractivity contribution in [3.8, 4) is 0 Å². The molecule has 3 nitrogen and oxygen atoms in total. The van der Waals surface area contributed by atoms with E-state index in [1.807, 2.05) is 0 Å². The molecule has 1 N–H and O–H groups in total. The molecule has 0 atom stereocenters. The first kappa shape index (κ1) is 17.8. The van der Waals surface area contributed by atoms with Gasteiger partial charge in [0.2, 0.25) is 0 Å². The molecule has 0 aliphatic heterocycles. The Morgan fingerprint density at radius 1 is 0.867 bits per heavy atom. The predicted molar refractivity (Wildman–Crippen MR) is 34.6 cm³/mol.